The van der Waals surface area contributed by atoms with Gasteiger partial charge in [-0.1, -0.05) is 0 Å². The van der Waals surface area contributed by atoms with Crippen molar-refractivity contribution in [3.63, 3.8) is 0 Å². The molecule has 1 aliphatic carbocycles. The Morgan fingerprint density at radius 2 is 1.86 bits per heavy atom. The minimum atomic E-state index is 0.406. The second-order valence-electron chi connectivity index (χ2n) is 4.73. The molecule has 0 aromatic heterocycles. The maximum absolute atomic E-state index is 5.92. The van der Waals surface area contributed by atoms with E-state index in [1.54, 1.807) is 0 Å². The summed E-state index contributed by atoms with van der Waals surface area (Å²) in [4.78, 5) is 4.54. The van der Waals surface area contributed by atoms with E-state index in [-0.39, 0.29) is 0 Å². The van der Waals surface area contributed by atoms with Crippen LogP contribution in [0.5, 0.6) is 0 Å². The van der Waals surface area contributed by atoms with Crippen LogP contribution >= 0.6 is 0 Å². The van der Waals surface area contributed by atoms with Crippen LogP contribution in [0.1, 0.15) is 38.5 Å². The van der Waals surface area contributed by atoms with Crippen molar-refractivity contribution in [3.05, 3.63) is 0 Å². The maximum Gasteiger partial charge on any atom is 0.0943 e. The molecular weight excluding hydrogens is 174 g/mol. The van der Waals surface area contributed by atoms with Crippen molar-refractivity contribution >= 4 is 5.84 Å². The van der Waals surface area contributed by atoms with E-state index < -0.39 is 0 Å². The molecule has 1 aliphatic heterocycles. The number of hydrogen-bond donors (Lipinski definition) is 2. The van der Waals surface area contributed by atoms with Gasteiger partial charge in [-0.3, -0.25) is 4.99 Å². The zero-order valence-corrected chi connectivity index (χ0v) is 8.78. The van der Waals surface area contributed by atoms with Crippen molar-refractivity contribution < 1.29 is 0 Å². The normalized spacial score (nSPS) is 33.6. The number of nitrogens with two attached hydrogens (primary N) is 2. The second-order valence-corrected chi connectivity index (χ2v) is 4.73. The molecule has 2 aliphatic rings. The minimum Gasteiger partial charge on any atom is -0.387 e. The van der Waals surface area contributed by atoms with Gasteiger partial charge in [-0.2, -0.15) is 0 Å². The number of rotatable bonds is 3. The van der Waals surface area contributed by atoms with Gasteiger partial charge in [0.25, 0.3) is 0 Å². The second kappa shape index (κ2) is 4.30. The van der Waals surface area contributed by atoms with E-state index >= 15 is 0 Å². The third-order valence-electron chi connectivity index (χ3n) is 3.48. The molecule has 1 fully saturated rings. The molecule has 1 saturated carbocycles. The summed E-state index contributed by atoms with van der Waals surface area (Å²) in [6.45, 7) is 0.732. The lowest BCUT2D eigenvalue weighted by Gasteiger charge is -2.12. The van der Waals surface area contributed by atoms with Gasteiger partial charge in [-0.15, -0.1) is 0 Å². The first kappa shape index (κ1) is 9.97. The molecule has 4 N–H and O–H groups in total. The van der Waals surface area contributed by atoms with E-state index in [4.69, 9.17) is 11.5 Å². The molecule has 1 heterocycles. The van der Waals surface area contributed by atoms with Gasteiger partial charge < -0.3 is 11.5 Å². The Balaban J connectivity index is 1.91. The van der Waals surface area contributed by atoms with Gasteiger partial charge >= 0.3 is 0 Å². The van der Waals surface area contributed by atoms with E-state index in [1.165, 1.54) is 25.7 Å². The summed E-state index contributed by atoms with van der Waals surface area (Å²) >= 11 is 0. The predicted molar refractivity (Wildman–Crippen MR) is 59.1 cm³/mol. The predicted octanol–water partition coefficient (Wildman–Crippen LogP) is 1.27. The average Bonchev–Trinajstić information content (AvgIpc) is 2.92. The molecule has 0 aromatic carbocycles. The number of hydrogen-bond acceptors (Lipinski definition) is 3. The summed E-state index contributed by atoms with van der Waals surface area (Å²) in [5, 5.41) is 0. The summed E-state index contributed by atoms with van der Waals surface area (Å²) in [7, 11) is 0. The van der Waals surface area contributed by atoms with E-state index in [2.05, 4.69) is 4.99 Å². The van der Waals surface area contributed by atoms with Crippen molar-refractivity contribution in [1.29, 1.82) is 0 Å². The fraction of sp³-hybridized carbons (Fsp3) is 0.909. The number of amidine groups is 1. The van der Waals surface area contributed by atoms with Crippen LogP contribution in [0.25, 0.3) is 0 Å². The first-order valence-corrected chi connectivity index (χ1v) is 5.82. The van der Waals surface area contributed by atoms with Crippen molar-refractivity contribution in [2.45, 2.75) is 44.6 Å². The Bertz CT molecular complexity index is 221. The third kappa shape index (κ3) is 2.47. The lowest BCUT2D eigenvalue weighted by molar-refractivity contribution is 0.416. The molecule has 3 nitrogen and oxygen atoms in total. The molecule has 2 unspecified atom stereocenters. The number of aliphatic imine (C=N–C) groups is 1. The molecule has 2 atom stereocenters. The van der Waals surface area contributed by atoms with Crippen LogP contribution < -0.4 is 11.5 Å². The summed E-state index contributed by atoms with van der Waals surface area (Å²) in [6, 6.07) is 0.406. The molecule has 0 aromatic rings. The number of nitrogens with zero attached hydrogens (tertiary/aromatic N) is 1. The largest absolute Gasteiger partial charge is 0.387 e. The van der Waals surface area contributed by atoms with Crippen LogP contribution in [0.3, 0.4) is 0 Å². The summed E-state index contributed by atoms with van der Waals surface area (Å²) in [6.07, 6.45) is 7.36. The van der Waals surface area contributed by atoms with E-state index in [1.807, 2.05) is 0 Å². The van der Waals surface area contributed by atoms with E-state index in [0.29, 0.717) is 6.04 Å². The molecule has 0 amide bonds. The Morgan fingerprint density at radius 3 is 2.50 bits per heavy atom. The highest BCUT2D eigenvalue weighted by Gasteiger charge is 2.33. The molecule has 14 heavy (non-hydrogen) atoms. The first-order valence-electron chi connectivity index (χ1n) is 5.82. The third-order valence-corrected chi connectivity index (χ3v) is 3.48. The van der Waals surface area contributed by atoms with Crippen molar-refractivity contribution in [3.8, 4) is 0 Å². The summed E-state index contributed by atoms with van der Waals surface area (Å²) in [5.41, 5.74) is 11.5. The van der Waals surface area contributed by atoms with Crippen LogP contribution in [-0.4, -0.2) is 18.4 Å². The fourth-order valence-corrected chi connectivity index (χ4v) is 2.50. The Labute approximate surface area is 86.0 Å². The zero-order valence-electron chi connectivity index (χ0n) is 8.78. The molecule has 80 valence electrons. The van der Waals surface area contributed by atoms with Crippen LogP contribution in [0.2, 0.25) is 0 Å². The quantitative estimate of drug-likeness (QED) is 0.712. The lowest BCUT2D eigenvalue weighted by atomic mass is 9.93. The van der Waals surface area contributed by atoms with Gasteiger partial charge in [0.15, 0.2) is 0 Å². The van der Waals surface area contributed by atoms with Gasteiger partial charge in [-0.05, 0) is 50.5 Å². The molecule has 0 radical (unpaired) electrons. The van der Waals surface area contributed by atoms with Gasteiger partial charge in [0, 0.05) is 6.42 Å². The van der Waals surface area contributed by atoms with Gasteiger partial charge in [0.1, 0.15) is 0 Å². The monoisotopic (exact) mass is 195 g/mol. The highest BCUT2D eigenvalue weighted by atomic mass is 14.9. The standard InChI is InChI=1S/C11H21N3/c12-6-5-10-4-3-9(8-1-2-8)7-11(13)14-10/h8-10H,1-7,12H2,(H2,13,14). The zero-order chi connectivity index (χ0) is 9.97. The lowest BCUT2D eigenvalue weighted by Crippen LogP contribution is -2.18. The maximum atomic E-state index is 5.92. The molecule has 0 spiro atoms. The molecule has 2 rings (SSSR count). The van der Waals surface area contributed by atoms with E-state index in [0.717, 1.165) is 37.1 Å². The van der Waals surface area contributed by atoms with Crippen LogP contribution in [-0.2, 0) is 0 Å². The van der Waals surface area contributed by atoms with Gasteiger partial charge in [0.2, 0.25) is 0 Å². The van der Waals surface area contributed by atoms with Gasteiger partial charge in [0.05, 0.1) is 11.9 Å². The Kier molecular flexibility index (Phi) is 3.06. The molecule has 3 heteroatoms. The summed E-state index contributed by atoms with van der Waals surface area (Å²) < 4.78 is 0. The molecule has 0 bridgehead atoms. The van der Waals surface area contributed by atoms with E-state index in [9.17, 15) is 0 Å². The average molecular weight is 195 g/mol. The van der Waals surface area contributed by atoms with Crippen LogP contribution in [0, 0.1) is 11.8 Å². The van der Waals surface area contributed by atoms with Crippen LogP contribution in [0.4, 0.5) is 0 Å². The first-order chi connectivity index (χ1) is 6.79. The minimum absolute atomic E-state index is 0.406. The topological polar surface area (TPSA) is 64.4 Å². The Hall–Kier alpha value is -0.570. The van der Waals surface area contributed by atoms with Crippen molar-refractivity contribution in [2.24, 2.45) is 28.3 Å². The fourth-order valence-electron chi connectivity index (χ4n) is 2.50. The summed E-state index contributed by atoms with van der Waals surface area (Å²) in [5.74, 6) is 2.65. The highest BCUT2D eigenvalue weighted by Crippen LogP contribution is 2.42. The van der Waals surface area contributed by atoms with Gasteiger partial charge in [-0.25, -0.2) is 0 Å². The highest BCUT2D eigenvalue weighted by molar-refractivity contribution is 5.81. The van der Waals surface area contributed by atoms with Crippen molar-refractivity contribution in [2.75, 3.05) is 6.54 Å². The Morgan fingerprint density at radius 1 is 1.14 bits per heavy atom. The van der Waals surface area contributed by atoms with Crippen molar-refractivity contribution in [1.82, 2.24) is 0 Å². The molecule has 0 saturated heterocycles. The smallest absolute Gasteiger partial charge is 0.0943 e. The molecular formula is C11H21N3. The van der Waals surface area contributed by atoms with Crippen LogP contribution in [0.15, 0.2) is 4.99 Å². The SMILES string of the molecule is NCCC1CCC(C2CC2)CC(N)=N1.